The van der Waals surface area contributed by atoms with Gasteiger partial charge in [-0.15, -0.1) is 0 Å². The van der Waals surface area contributed by atoms with Crippen molar-refractivity contribution in [3.8, 4) is 11.5 Å². The van der Waals surface area contributed by atoms with Crippen molar-refractivity contribution in [2.45, 2.75) is 43.3 Å². The number of ether oxygens (including phenoxy) is 5. The second-order valence-electron chi connectivity index (χ2n) is 12.5. The van der Waals surface area contributed by atoms with E-state index in [-0.39, 0.29) is 18.6 Å². The number of aliphatic carboxylic acids is 1. The van der Waals surface area contributed by atoms with E-state index in [1.165, 1.54) is 18.3 Å². The molecule has 1 saturated heterocycles. The number of carboxylic acids is 1. The van der Waals surface area contributed by atoms with Crippen LogP contribution in [0.4, 0.5) is 0 Å². The zero-order chi connectivity index (χ0) is 38.2. The van der Waals surface area contributed by atoms with Crippen LogP contribution in [0.1, 0.15) is 52.5 Å². The van der Waals surface area contributed by atoms with Gasteiger partial charge < -0.3 is 28.8 Å². The molecule has 5 aromatic rings. The normalized spacial score (nSPS) is 16.7. The number of carbonyl (C=O) groups excluding carboxylic acids is 2. The van der Waals surface area contributed by atoms with E-state index in [0.29, 0.717) is 16.1 Å². The Balaban J connectivity index is 1.40. The van der Waals surface area contributed by atoms with E-state index in [0.717, 1.165) is 27.3 Å². The highest BCUT2D eigenvalue weighted by molar-refractivity contribution is 5.95. The molecule has 54 heavy (non-hydrogen) atoms. The fraction of sp³-hybridized carbons (Fsp3) is 0.244. The molecule has 0 unspecified atom stereocenters. The average Bonchev–Trinajstić information content (AvgIpc) is 3.60. The van der Waals surface area contributed by atoms with Gasteiger partial charge in [0.1, 0.15) is 35.5 Å². The fourth-order valence-electron chi connectivity index (χ4n) is 6.47. The van der Waals surface area contributed by atoms with Gasteiger partial charge in [-0.2, -0.15) is 4.57 Å². The lowest BCUT2D eigenvalue weighted by atomic mass is 9.80. The van der Waals surface area contributed by atoms with E-state index in [1.807, 2.05) is 78.9 Å². The topological polar surface area (TPSA) is 162 Å². The number of methoxy groups -OCH3 is 2. The predicted molar refractivity (Wildman–Crippen MR) is 195 cm³/mol. The first-order chi connectivity index (χ1) is 26.1. The molecule has 0 spiro atoms. The monoisotopic (exact) mass is 734 g/mol. The van der Waals surface area contributed by atoms with Gasteiger partial charge in [0.25, 0.3) is 11.5 Å². The van der Waals surface area contributed by atoms with Crippen molar-refractivity contribution >= 4 is 17.8 Å². The summed E-state index contributed by atoms with van der Waals surface area (Å²) >= 11 is 0. The van der Waals surface area contributed by atoms with E-state index in [1.54, 1.807) is 32.4 Å². The van der Waals surface area contributed by atoms with E-state index in [9.17, 15) is 29.1 Å². The smallest absolute Gasteiger partial charge is 0.340 e. The van der Waals surface area contributed by atoms with Crippen LogP contribution < -0.4 is 20.7 Å². The molecule has 6 rings (SSSR count). The summed E-state index contributed by atoms with van der Waals surface area (Å²) in [6.45, 7) is -0.197. The summed E-state index contributed by atoms with van der Waals surface area (Å²) < 4.78 is 31.7. The number of aromatic nitrogens is 2. The molecule has 1 fully saturated rings. The van der Waals surface area contributed by atoms with Crippen LogP contribution in [0.15, 0.2) is 131 Å². The van der Waals surface area contributed by atoms with Crippen LogP contribution in [0.5, 0.6) is 11.5 Å². The molecule has 1 N–H and O–H groups in total. The van der Waals surface area contributed by atoms with Crippen molar-refractivity contribution in [1.29, 1.82) is 0 Å². The highest BCUT2D eigenvalue weighted by Crippen LogP contribution is 2.43. The molecule has 2 heterocycles. The van der Waals surface area contributed by atoms with E-state index in [4.69, 9.17) is 23.7 Å². The highest BCUT2D eigenvalue weighted by atomic mass is 16.6. The van der Waals surface area contributed by atoms with Gasteiger partial charge in [0.2, 0.25) is 0 Å². The number of nitrogens with zero attached hydrogens (tertiary/aromatic N) is 2. The maximum Gasteiger partial charge on any atom is 0.340 e. The Labute approximate surface area is 309 Å². The molecule has 0 saturated carbocycles. The third-order valence-corrected chi connectivity index (χ3v) is 9.19. The number of rotatable bonds is 14. The lowest BCUT2D eigenvalue weighted by Gasteiger charge is -2.37. The maximum absolute atomic E-state index is 13.8. The summed E-state index contributed by atoms with van der Waals surface area (Å²) in [4.78, 5) is 64.1. The molecule has 278 valence electrons. The van der Waals surface area contributed by atoms with Crippen molar-refractivity contribution in [3.63, 3.8) is 0 Å². The zero-order valence-corrected chi connectivity index (χ0v) is 29.5. The Kier molecular flexibility index (Phi) is 11.5. The second kappa shape index (κ2) is 16.6. The first kappa shape index (κ1) is 37.4. The van der Waals surface area contributed by atoms with E-state index < -0.39 is 66.0 Å². The maximum atomic E-state index is 13.8. The molecule has 0 aliphatic carbocycles. The van der Waals surface area contributed by atoms with E-state index >= 15 is 0 Å². The van der Waals surface area contributed by atoms with Gasteiger partial charge in [0.15, 0.2) is 0 Å². The van der Waals surface area contributed by atoms with Crippen LogP contribution in [0, 0.1) is 0 Å². The molecular formula is C41H38N2O11. The summed E-state index contributed by atoms with van der Waals surface area (Å²) in [6, 6.07) is 33.2. The van der Waals surface area contributed by atoms with Crippen LogP contribution in [0.3, 0.4) is 0 Å². The number of carbonyl (C=O) groups is 3. The molecule has 1 aliphatic rings. The Hall–Kier alpha value is -6.31. The van der Waals surface area contributed by atoms with Crippen molar-refractivity contribution < 1.29 is 43.2 Å². The number of hydrogen-bond donors (Lipinski definition) is 1. The summed E-state index contributed by atoms with van der Waals surface area (Å²) in [7, 11) is 3.14. The van der Waals surface area contributed by atoms with Crippen LogP contribution in [-0.2, 0) is 29.4 Å². The molecule has 13 nitrogen and oxygen atoms in total. The Morgan fingerprint density at radius 1 is 0.759 bits per heavy atom. The summed E-state index contributed by atoms with van der Waals surface area (Å²) in [5.74, 6) is -1.52. The standard InChI is InChI=1S/C41H38N2O11/c1-50-31-17-13-29(14-18-31)41(28-11-7-4-8-12-28,30-15-19-32(51-2)20-16-30)52-26-34-33(54-38(47)22-21-37(45)46)25-36(53-34)42-24-23-35(44)43(40(42)49)39(48)27-9-5-3-6-10-27/h3-20,23-24,33-34,36H,21-22,25-26H2,1-2H3,(H,45,46)/t33-,34+,36+/m0/s1. The summed E-state index contributed by atoms with van der Waals surface area (Å²) in [5, 5.41) is 9.17. The minimum absolute atomic E-state index is 0.0755. The number of hydrogen-bond acceptors (Lipinski definition) is 10. The fourth-order valence-corrected chi connectivity index (χ4v) is 6.47. The van der Waals surface area contributed by atoms with Crippen LogP contribution in [-0.4, -0.2) is 65.1 Å². The first-order valence-electron chi connectivity index (χ1n) is 17.1. The molecule has 4 aromatic carbocycles. The minimum atomic E-state index is -1.27. The molecule has 0 bridgehead atoms. The summed E-state index contributed by atoms with van der Waals surface area (Å²) in [6.07, 6.45) is -2.82. The van der Waals surface area contributed by atoms with Crippen LogP contribution in [0.2, 0.25) is 0 Å². The lowest BCUT2D eigenvalue weighted by Crippen LogP contribution is -2.44. The molecule has 13 heteroatoms. The molecule has 1 aliphatic heterocycles. The first-order valence-corrected chi connectivity index (χ1v) is 17.1. The molecule has 1 aromatic heterocycles. The highest BCUT2D eigenvalue weighted by Gasteiger charge is 2.44. The van der Waals surface area contributed by atoms with Crippen molar-refractivity contribution in [2.24, 2.45) is 0 Å². The average molecular weight is 735 g/mol. The lowest BCUT2D eigenvalue weighted by molar-refractivity contribution is -0.157. The van der Waals surface area contributed by atoms with Crippen molar-refractivity contribution in [3.05, 3.63) is 165 Å². The molecular weight excluding hydrogens is 696 g/mol. The van der Waals surface area contributed by atoms with Gasteiger partial charge in [-0.05, 0) is 53.1 Å². The third-order valence-electron chi connectivity index (χ3n) is 9.19. The van der Waals surface area contributed by atoms with E-state index in [2.05, 4.69) is 0 Å². The predicted octanol–water partition coefficient (Wildman–Crippen LogP) is 4.79. The van der Waals surface area contributed by atoms with Gasteiger partial charge in [-0.25, -0.2) is 4.79 Å². The van der Waals surface area contributed by atoms with Crippen LogP contribution >= 0.6 is 0 Å². The zero-order valence-electron chi connectivity index (χ0n) is 29.5. The number of carboxylic acid groups (broad SMARTS) is 1. The largest absolute Gasteiger partial charge is 0.497 e. The van der Waals surface area contributed by atoms with Gasteiger partial charge in [0, 0.05) is 24.2 Å². The summed E-state index contributed by atoms with van der Waals surface area (Å²) in [5.41, 5.74) is -0.704. The van der Waals surface area contributed by atoms with Gasteiger partial charge in [-0.1, -0.05) is 72.8 Å². The SMILES string of the molecule is COc1ccc(C(OC[C@H]2O[C@@H](n3ccc(=O)n(C(=O)c4ccccc4)c3=O)C[C@@H]2OC(=O)CCC(=O)O)(c2ccccc2)c2ccc(OC)cc2)cc1. The van der Waals surface area contributed by atoms with Crippen molar-refractivity contribution in [1.82, 2.24) is 9.13 Å². The quantitative estimate of drug-likeness (QED) is 0.123. The van der Waals surface area contributed by atoms with Gasteiger partial charge in [-0.3, -0.25) is 23.7 Å². The van der Waals surface area contributed by atoms with Crippen molar-refractivity contribution in [2.75, 3.05) is 20.8 Å². The van der Waals surface area contributed by atoms with Gasteiger partial charge in [0.05, 0.1) is 33.7 Å². The Morgan fingerprint density at radius 3 is 1.87 bits per heavy atom. The Morgan fingerprint density at radius 2 is 1.31 bits per heavy atom. The molecule has 3 atom stereocenters. The second-order valence-corrected chi connectivity index (χ2v) is 12.5. The van der Waals surface area contributed by atoms with Gasteiger partial charge >= 0.3 is 17.6 Å². The molecule has 0 amide bonds. The third kappa shape index (κ3) is 7.87. The Bertz CT molecular complexity index is 2150. The van der Waals surface area contributed by atoms with Crippen LogP contribution in [0.25, 0.3) is 0 Å². The minimum Gasteiger partial charge on any atom is -0.497 e. The number of esters is 1. The molecule has 0 radical (unpaired) electrons. The number of benzene rings is 4.